The fraction of sp³-hybridized carbons (Fsp3) is 0.222. The summed E-state index contributed by atoms with van der Waals surface area (Å²) in [7, 11) is 1.76. The summed E-state index contributed by atoms with van der Waals surface area (Å²) < 4.78 is 4.89. The zero-order chi connectivity index (χ0) is 27.1. The van der Waals surface area contributed by atoms with Crippen LogP contribution >= 0.6 is 24.0 Å². The number of thiocarbonyl (C=S) groups is 1. The lowest BCUT2D eigenvalue weighted by Crippen LogP contribution is -2.33. The van der Waals surface area contributed by atoms with Gasteiger partial charge in [-0.3, -0.25) is 28.4 Å². The molecule has 0 spiro atoms. The van der Waals surface area contributed by atoms with Gasteiger partial charge in [-0.1, -0.05) is 55.2 Å². The summed E-state index contributed by atoms with van der Waals surface area (Å²) in [6.07, 6.45) is 4.01. The number of pyridine rings is 1. The van der Waals surface area contributed by atoms with E-state index >= 15 is 0 Å². The number of nitrogens with one attached hydrogen (secondary N) is 1. The number of aryl methyl sites for hydroxylation is 1. The zero-order valence-corrected chi connectivity index (χ0v) is 23.0. The number of carbonyl (C=O) groups excluding carboxylic acids is 1. The van der Waals surface area contributed by atoms with E-state index in [-0.39, 0.29) is 31.6 Å². The Bertz CT molecular complexity index is 1750. The van der Waals surface area contributed by atoms with Crippen molar-refractivity contribution in [2.75, 3.05) is 16.8 Å². The molecule has 11 heteroatoms. The highest BCUT2D eigenvalue weighted by Gasteiger charge is 2.38. The average molecular weight is 547 g/mol. The van der Waals surface area contributed by atoms with Crippen LogP contribution in [0.3, 0.4) is 0 Å². The number of carbonyl (C=O) groups is 1. The lowest BCUT2D eigenvalue weighted by Gasteiger charge is -2.13. The fourth-order valence-corrected chi connectivity index (χ4v) is 5.68. The van der Waals surface area contributed by atoms with Gasteiger partial charge in [0.1, 0.15) is 17.2 Å². The van der Waals surface area contributed by atoms with Crippen LogP contribution in [-0.2, 0) is 11.8 Å². The first kappa shape index (κ1) is 25.7. The summed E-state index contributed by atoms with van der Waals surface area (Å²) in [6, 6.07) is 12.9. The molecular weight excluding hydrogens is 520 g/mol. The van der Waals surface area contributed by atoms with Crippen LogP contribution in [0.5, 0.6) is 0 Å². The fourth-order valence-electron chi connectivity index (χ4n) is 4.42. The molecule has 0 radical (unpaired) electrons. The highest BCUT2D eigenvalue weighted by molar-refractivity contribution is 8.27. The van der Waals surface area contributed by atoms with Crippen molar-refractivity contribution in [1.29, 1.82) is 0 Å². The Hall–Kier alpha value is -3.96. The molecule has 0 unspecified atom stereocenters. The Morgan fingerprint density at radius 2 is 1.79 bits per heavy atom. The molecule has 1 N–H and O–H groups in total. The molecule has 1 aliphatic heterocycles. The monoisotopic (exact) mass is 546 g/mol. The van der Waals surface area contributed by atoms with Gasteiger partial charge in [0.2, 0.25) is 0 Å². The van der Waals surface area contributed by atoms with Gasteiger partial charge in [-0.25, -0.2) is 9.67 Å². The van der Waals surface area contributed by atoms with Gasteiger partial charge >= 0.3 is 0 Å². The number of para-hydroxylation sites is 1. The lowest BCUT2D eigenvalue weighted by molar-refractivity contribution is -0.113. The maximum Gasteiger partial charge on any atom is 0.296 e. The Morgan fingerprint density at radius 3 is 2.50 bits per heavy atom. The first-order chi connectivity index (χ1) is 18.2. The van der Waals surface area contributed by atoms with Gasteiger partial charge in [0.25, 0.3) is 17.0 Å². The van der Waals surface area contributed by atoms with Gasteiger partial charge in [0, 0.05) is 19.8 Å². The number of benzene rings is 1. The number of anilines is 2. The lowest BCUT2D eigenvalue weighted by atomic mass is 10.2. The van der Waals surface area contributed by atoms with E-state index in [9.17, 15) is 14.4 Å². The summed E-state index contributed by atoms with van der Waals surface area (Å²) in [5.41, 5.74) is 2.45. The number of rotatable bonds is 6. The topological polar surface area (TPSA) is 93.6 Å². The predicted molar refractivity (Wildman–Crippen MR) is 156 cm³/mol. The molecule has 0 atom stereocenters. The van der Waals surface area contributed by atoms with Crippen molar-refractivity contribution in [1.82, 2.24) is 18.7 Å². The molecule has 1 fully saturated rings. The molecule has 0 saturated carbocycles. The zero-order valence-electron chi connectivity index (χ0n) is 21.4. The van der Waals surface area contributed by atoms with E-state index in [4.69, 9.17) is 17.2 Å². The maximum atomic E-state index is 13.7. The van der Waals surface area contributed by atoms with E-state index in [1.807, 2.05) is 50.2 Å². The number of fused-ring (bicyclic) bond motifs is 1. The molecule has 1 aromatic carbocycles. The second kappa shape index (κ2) is 10.1. The van der Waals surface area contributed by atoms with Crippen LogP contribution < -0.4 is 21.3 Å². The van der Waals surface area contributed by atoms with Gasteiger partial charge in [-0.15, -0.1) is 0 Å². The molecule has 1 aliphatic rings. The minimum absolute atomic E-state index is 0.190. The van der Waals surface area contributed by atoms with Crippen LogP contribution in [-0.4, -0.2) is 35.5 Å². The Kier molecular flexibility index (Phi) is 6.80. The van der Waals surface area contributed by atoms with Gasteiger partial charge in [-0.05, 0) is 50.1 Å². The quantitative estimate of drug-likeness (QED) is 0.288. The van der Waals surface area contributed by atoms with E-state index in [1.54, 1.807) is 30.9 Å². The molecule has 4 heterocycles. The van der Waals surface area contributed by atoms with E-state index in [2.05, 4.69) is 5.32 Å². The summed E-state index contributed by atoms with van der Waals surface area (Å²) >= 11 is 6.62. The van der Waals surface area contributed by atoms with Crippen molar-refractivity contribution in [3.63, 3.8) is 0 Å². The van der Waals surface area contributed by atoms with E-state index < -0.39 is 5.91 Å². The van der Waals surface area contributed by atoms with E-state index in [1.165, 1.54) is 20.1 Å². The summed E-state index contributed by atoms with van der Waals surface area (Å²) in [5, 5.41) is 3.22. The van der Waals surface area contributed by atoms with Crippen LogP contribution in [0, 0.1) is 13.8 Å². The average Bonchev–Trinajstić information content (AvgIpc) is 3.30. The highest BCUT2D eigenvalue weighted by Crippen LogP contribution is 2.36. The van der Waals surface area contributed by atoms with Crippen molar-refractivity contribution < 1.29 is 4.79 Å². The predicted octanol–water partition coefficient (Wildman–Crippen LogP) is 4.03. The van der Waals surface area contributed by atoms with Crippen molar-refractivity contribution in [2.45, 2.75) is 27.2 Å². The standard InChI is InChI=1S/C27H26N6O3S2/c1-5-13-28-22-19(24(34)31-14-9-10-16(2)23(31)29-22)15-20-25(35)32(27(37)38-20)21-17(3)30(4)33(26(21)36)18-11-7-6-8-12-18/h6-12,14-15,28H,5,13H2,1-4H3/b20-15+. The first-order valence-corrected chi connectivity index (χ1v) is 13.3. The summed E-state index contributed by atoms with van der Waals surface area (Å²) in [5.74, 6) is -0.0556. The first-order valence-electron chi connectivity index (χ1n) is 12.1. The third kappa shape index (κ3) is 4.17. The molecule has 0 aliphatic carbocycles. The number of thioether (sulfide) groups is 1. The minimum atomic E-state index is -0.457. The van der Waals surface area contributed by atoms with Crippen molar-refractivity contribution in [2.24, 2.45) is 7.05 Å². The van der Waals surface area contributed by atoms with Crippen LogP contribution in [0.15, 0.2) is 63.2 Å². The third-order valence-corrected chi connectivity index (χ3v) is 7.75. The number of amides is 1. The molecular formula is C27H26N6O3S2. The van der Waals surface area contributed by atoms with E-state index in [0.29, 0.717) is 29.4 Å². The molecule has 0 bridgehead atoms. The third-order valence-electron chi connectivity index (χ3n) is 6.44. The molecule has 194 valence electrons. The highest BCUT2D eigenvalue weighted by atomic mass is 32.2. The minimum Gasteiger partial charge on any atom is -0.369 e. The van der Waals surface area contributed by atoms with Gasteiger partial charge in [0.05, 0.1) is 21.8 Å². The van der Waals surface area contributed by atoms with E-state index in [0.717, 1.165) is 23.7 Å². The second-order valence-corrected chi connectivity index (χ2v) is 10.6. The smallest absolute Gasteiger partial charge is 0.296 e. The summed E-state index contributed by atoms with van der Waals surface area (Å²) in [6.45, 7) is 6.29. The van der Waals surface area contributed by atoms with Gasteiger partial charge in [0.15, 0.2) is 4.32 Å². The molecule has 4 aromatic rings. The number of hydrogen-bond acceptors (Lipinski definition) is 7. The van der Waals surface area contributed by atoms with Crippen LogP contribution in [0.1, 0.15) is 30.2 Å². The van der Waals surface area contributed by atoms with Gasteiger partial charge < -0.3 is 5.32 Å². The molecule has 38 heavy (non-hydrogen) atoms. The largest absolute Gasteiger partial charge is 0.369 e. The van der Waals surface area contributed by atoms with Crippen LogP contribution in [0.25, 0.3) is 17.4 Å². The molecule has 1 amide bonds. The maximum absolute atomic E-state index is 13.7. The Morgan fingerprint density at radius 1 is 1.05 bits per heavy atom. The van der Waals surface area contributed by atoms with Crippen LogP contribution in [0.4, 0.5) is 11.5 Å². The molecule has 1 saturated heterocycles. The Balaban J connectivity index is 1.63. The number of nitrogens with zero attached hydrogens (tertiary/aromatic N) is 5. The van der Waals surface area contributed by atoms with Crippen molar-refractivity contribution in [3.05, 3.63) is 91.1 Å². The second-order valence-electron chi connectivity index (χ2n) is 8.92. The normalized spacial score (nSPS) is 14.7. The SMILES string of the molecule is CCCNc1nc2c(C)cccn2c(=O)c1/C=C1/SC(=S)N(c2c(C)n(C)n(-c3ccccc3)c2=O)C1=O. The number of hydrogen-bond donors (Lipinski definition) is 1. The summed E-state index contributed by atoms with van der Waals surface area (Å²) in [4.78, 5) is 46.9. The van der Waals surface area contributed by atoms with Crippen LogP contribution in [0.2, 0.25) is 0 Å². The van der Waals surface area contributed by atoms with Gasteiger partial charge in [-0.2, -0.15) is 0 Å². The Labute approximate surface area is 228 Å². The number of aromatic nitrogens is 4. The molecule has 3 aromatic heterocycles. The van der Waals surface area contributed by atoms with Crippen molar-refractivity contribution >= 4 is 57.4 Å². The molecule has 9 nitrogen and oxygen atoms in total. The molecule has 5 rings (SSSR count). The van der Waals surface area contributed by atoms with Crippen molar-refractivity contribution in [3.8, 4) is 5.69 Å².